The maximum atomic E-state index is 11.8. The quantitative estimate of drug-likeness (QED) is 0.646. The van der Waals surface area contributed by atoms with E-state index in [0.29, 0.717) is 5.56 Å². The van der Waals surface area contributed by atoms with Gasteiger partial charge in [-0.05, 0) is 23.8 Å². The number of hydrogen-bond donors (Lipinski definition) is 1. The molecule has 0 radical (unpaired) electrons. The fourth-order valence-corrected chi connectivity index (χ4v) is 1.05. The molecule has 0 aliphatic heterocycles. The first-order valence-electron chi connectivity index (χ1n) is 4.43. The fourth-order valence-electron chi connectivity index (χ4n) is 1.05. The Morgan fingerprint density at radius 3 is 2.41 bits per heavy atom. The molecular weight excluding hydrogens is 232 g/mol. The second-order valence-corrected chi connectivity index (χ2v) is 2.92. The summed E-state index contributed by atoms with van der Waals surface area (Å²) >= 11 is 0. The second-order valence-electron chi connectivity index (χ2n) is 2.92. The van der Waals surface area contributed by atoms with Gasteiger partial charge >= 0.3 is 12.6 Å². The van der Waals surface area contributed by atoms with E-state index in [1.54, 1.807) is 0 Å². The summed E-state index contributed by atoms with van der Waals surface area (Å²) in [6.45, 7) is -2.91. The average molecular weight is 239 g/mol. The van der Waals surface area contributed by atoms with Crippen LogP contribution >= 0.6 is 0 Å². The van der Waals surface area contributed by atoms with E-state index in [1.165, 1.54) is 30.3 Å². The number of benzene rings is 1. The van der Waals surface area contributed by atoms with Gasteiger partial charge < -0.3 is 9.84 Å². The van der Waals surface area contributed by atoms with E-state index < -0.39 is 18.2 Å². The maximum Gasteiger partial charge on any atom is 0.387 e. The first kappa shape index (κ1) is 12.6. The molecule has 1 rings (SSSR count). The standard InChI is InChI=1S/C11H7F2NO3/c12-11(13)17-9-3-1-7(2-4-9)5-8(6-14)10(15)16/h1-5,11H,(H,15,16). The lowest BCUT2D eigenvalue weighted by atomic mass is 10.1. The lowest BCUT2D eigenvalue weighted by Crippen LogP contribution is -2.01. The van der Waals surface area contributed by atoms with Gasteiger partial charge in [-0.25, -0.2) is 4.79 Å². The number of nitriles is 1. The third-order valence-electron chi connectivity index (χ3n) is 1.77. The smallest absolute Gasteiger partial charge is 0.387 e. The largest absolute Gasteiger partial charge is 0.477 e. The zero-order chi connectivity index (χ0) is 12.8. The molecular formula is C11H7F2NO3. The Balaban J connectivity index is 2.88. The van der Waals surface area contributed by atoms with Gasteiger partial charge in [0.25, 0.3) is 0 Å². The van der Waals surface area contributed by atoms with Crippen LogP contribution in [0.1, 0.15) is 5.56 Å². The Kier molecular flexibility index (Phi) is 4.17. The van der Waals surface area contributed by atoms with Gasteiger partial charge in [-0.1, -0.05) is 12.1 Å². The maximum absolute atomic E-state index is 11.8. The number of carboxylic acids is 1. The molecule has 0 saturated carbocycles. The molecule has 0 amide bonds. The number of aliphatic carboxylic acids is 1. The van der Waals surface area contributed by atoms with Gasteiger partial charge in [-0.15, -0.1) is 0 Å². The number of halogens is 2. The summed E-state index contributed by atoms with van der Waals surface area (Å²) < 4.78 is 27.8. The van der Waals surface area contributed by atoms with Gasteiger partial charge in [0, 0.05) is 0 Å². The number of carboxylic acid groups (broad SMARTS) is 1. The van der Waals surface area contributed by atoms with Crippen molar-refractivity contribution < 1.29 is 23.4 Å². The van der Waals surface area contributed by atoms with Crippen LogP contribution in [0.2, 0.25) is 0 Å². The highest BCUT2D eigenvalue weighted by Gasteiger charge is 2.06. The van der Waals surface area contributed by atoms with E-state index in [1.807, 2.05) is 0 Å². The topological polar surface area (TPSA) is 70.3 Å². The predicted molar refractivity (Wildman–Crippen MR) is 54.3 cm³/mol. The molecule has 0 aromatic heterocycles. The molecule has 0 aliphatic rings. The van der Waals surface area contributed by atoms with Gasteiger partial charge in [-0.3, -0.25) is 0 Å². The monoisotopic (exact) mass is 239 g/mol. The molecule has 0 fully saturated rings. The summed E-state index contributed by atoms with van der Waals surface area (Å²) in [4.78, 5) is 10.5. The molecule has 4 nitrogen and oxygen atoms in total. The van der Waals surface area contributed by atoms with Crippen LogP contribution in [-0.2, 0) is 4.79 Å². The molecule has 0 unspecified atom stereocenters. The van der Waals surface area contributed by atoms with E-state index in [0.717, 1.165) is 6.08 Å². The number of nitrogens with zero attached hydrogens (tertiary/aromatic N) is 1. The summed E-state index contributed by atoms with van der Waals surface area (Å²) in [5.74, 6) is -1.38. The Morgan fingerprint density at radius 1 is 1.41 bits per heavy atom. The minimum atomic E-state index is -2.91. The summed E-state index contributed by atoms with van der Waals surface area (Å²) in [5.41, 5.74) is -0.0295. The van der Waals surface area contributed by atoms with Crippen LogP contribution in [-0.4, -0.2) is 17.7 Å². The van der Waals surface area contributed by atoms with Crippen molar-refractivity contribution in [2.24, 2.45) is 0 Å². The zero-order valence-corrected chi connectivity index (χ0v) is 8.43. The van der Waals surface area contributed by atoms with Crippen molar-refractivity contribution in [3.05, 3.63) is 35.4 Å². The van der Waals surface area contributed by atoms with Crippen molar-refractivity contribution in [3.63, 3.8) is 0 Å². The van der Waals surface area contributed by atoms with Crippen molar-refractivity contribution in [2.75, 3.05) is 0 Å². The lowest BCUT2D eigenvalue weighted by molar-refractivity contribution is -0.132. The summed E-state index contributed by atoms with van der Waals surface area (Å²) in [6.07, 6.45) is 1.13. The highest BCUT2D eigenvalue weighted by Crippen LogP contribution is 2.16. The molecule has 0 heterocycles. The molecule has 88 valence electrons. The van der Waals surface area contributed by atoms with Crippen LogP contribution in [0.5, 0.6) is 5.75 Å². The fraction of sp³-hybridized carbons (Fsp3) is 0.0909. The Bertz CT molecular complexity index is 474. The Hall–Kier alpha value is -2.42. The van der Waals surface area contributed by atoms with Crippen LogP contribution in [0.15, 0.2) is 29.8 Å². The Labute approximate surface area is 95.4 Å². The summed E-state index contributed by atoms with van der Waals surface area (Å²) in [7, 11) is 0. The summed E-state index contributed by atoms with van der Waals surface area (Å²) in [5, 5.41) is 17.1. The number of alkyl halides is 2. The molecule has 17 heavy (non-hydrogen) atoms. The van der Waals surface area contributed by atoms with Crippen LogP contribution in [0, 0.1) is 11.3 Å². The molecule has 0 bridgehead atoms. The highest BCUT2D eigenvalue weighted by atomic mass is 19.3. The number of ether oxygens (including phenoxy) is 1. The third kappa shape index (κ3) is 3.91. The number of carbonyl (C=O) groups is 1. The molecule has 1 N–H and O–H groups in total. The predicted octanol–water partition coefficient (Wildman–Crippen LogP) is 2.28. The number of rotatable bonds is 4. The van der Waals surface area contributed by atoms with E-state index in [4.69, 9.17) is 10.4 Å². The molecule has 0 aliphatic carbocycles. The molecule has 0 saturated heterocycles. The van der Waals surface area contributed by atoms with Crippen molar-refractivity contribution in [1.82, 2.24) is 0 Å². The zero-order valence-electron chi connectivity index (χ0n) is 8.43. The second kappa shape index (κ2) is 5.61. The molecule has 1 aromatic rings. The van der Waals surface area contributed by atoms with E-state index in [9.17, 15) is 13.6 Å². The third-order valence-corrected chi connectivity index (χ3v) is 1.77. The van der Waals surface area contributed by atoms with Gasteiger partial charge in [0.05, 0.1) is 0 Å². The normalized spacial score (nSPS) is 11.1. The molecule has 1 aromatic carbocycles. The van der Waals surface area contributed by atoms with Crippen LogP contribution in [0.3, 0.4) is 0 Å². The molecule has 6 heteroatoms. The van der Waals surface area contributed by atoms with Crippen LogP contribution in [0.4, 0.5) is 8.78 Å². The minimum absolute atomic E-state index is 0.0361. The van der Waals surface area contributed by atoms with Crippen molar-refractivity contribution in [2.45, 2.75) is 6.61 Å². The molecule has 0 spiro atoms. The number of hydrogen-bond acceptors (Lipinski definition) is 3. The van der Waals surface area contributed by atoms with Gasteiger partial charge in [0.1, 0.15) is 17.4 Å². The highest BCUT2D eigenvalue weighted by molar-refractivity contribution is 5.96. The van der Waals surface area contributed by atoms with E-state index >= 15 is 0 Å². The molecule has 0 atom stereocenters. The van der Waals surface area contributed by atoms with E-state index in [2.05, 4.69) is 4.74 Å². The van der Waals surface area contributed by atoms with Crippen LogP contribution in [0.25, 0.3) is 6.08 Å². The van der Waals surface area contributed by atoms with Gasteiger partial charge in [0.15, 0.2) is 0 Å². The summed E-state index contributed by atoms with van der Waals surface area (Å²) in [6, 6.07) is 6.77. The SMILES string of the molecule is N#CC(=Cc1ccc(OC(F)F)cc1)C(=O)O. The average Bonchev–Trinajstić information content (AvgIpc) is 2.26. The lowest BCUT2D eigenvalue weighted by Gasteiger charge is -2.03. The van der Waals surface area contributed by atoms with Crippen molar-refractivity contribution >= 4 is 12.0 Å². The first-order valence-corrected chi connectivity index (χ1v) is 4.43. The van der Waals surface area contributed by atoms with Crippen molar-refractivity contribution in [3.8, 4) is 11.8 Å². The first-order chi connectivity index (χ1) is 8.02. The van der Waals surface area contributed by atoms with Crippen molar-refractivity contribution in [1.29, 1.82) is 5.26 Å². The van der Waals surface area contributed by atoms with Gasteiger partial charge in [-0.2, -0.15) is 14.0 Å². The van der Waals surface area contributed by atoms with E-state index in [-0.39, 0.29) is 5.75 Å². The minimum Gasteiger partial charge on any atom is -0.477 e. The van der Waals surface area contributed by atoms with Gasteiger partial charge in [0.2, 0.25) is 0 Å². The Morgan fingerprint density at radius 2 is 2.00 bits per heavy atom. The van der Waals surface area contributed by atoms with Crippen LogP contribution < -0.4 is 4.74 Å².